The molecule has 1 fully saturated rings. The summed E-state index contributed by atoms with van der Waals surface area (Å²) in [6.07, 6.45) is 1.65. The fourth-order valence-corrected chi connectivity index (χ4v) is 4.51. The second-order valence-electron chi connectivity index (χ2n) is 7.02. The predicted octanol–water partition coefficient (Wildman–Crippen LogP) is 6.81. The van der Waals surface area contributed by atoms with E-state index in [1.165, 1.54) is 12.1 Å². The van der Waals surface area contributed by atoms with Gasteiger partial charge in [0.2, 0.25) is 0 Å². The number of ether oxygens (including phenoxy) is 2. The van der Waals surface area contributed by atoms with Crippen molar-refractivity contribution in [2.75, 3.05) is 11.5 Å². The number of rotatable bonds is 7. The van der Waals surface area contributed by atoms with Crippen molar-refractivity contribution in [1.29, 1.82) is 0 Å². The highest BCUT2D eigenvalue weighted by Gasteiger charge is 2.36. The minimum Gasteiger partial charge on any atom is -0.490 e. The Morgan fingerprint density at radius 2 is 1.76 bits per heavy atom. The lowest BCUT2D eigenvalue weighted by Crippen LogP contribution is -2.27. The number of para-hydroxylation sites is 1. The van der Waals surface area contributed by atoms with E-state index in [2.05, 4.69) is 15.9 Å². The first-order valence-electron chi connectivity index (χ1n) is 10.1. The number of benzene rings is 3. The summed E-state index contributed by atoms with van der Waals surface area (Å²) in [7, 11) is 0. The van der Waals surface area contributed by atoms with E-state index in [9.17, 15) is 14.0 Å². The zero-order valence-electron chi connectivity index (χ0n) is 17.6. The first kappa shape index (κ1) is 23.1. The van der Waals surface area contributed by atoms with Gasteiger partial charge in [0.05, 0.1) is 17.2 Å². The van der Waals surface area contributed by atoms with Crippen LogP contribution in [0.4, 0.5) is 14.9 Å². The van der Waals surface area contributed by atoms with Gasteiger partial charge in [0.1, 0.15) is 12.4 Å². The first-order valence-corrected chi connectivity index (χ1v) is 11.7. The van der Waals surface area contributed by atoms with E-state index in [0.717, 1.165) is 16.7 Å². The summed E-state index contributed by atoms with van der Waals surface area (Å²) < 4.78 is 25.7. The third kappa shape index (κ3) is 5.29. The number of imide groups is 1. The maximum atomic E-state index is 13.4. The molecule has 2 amide bonds. The van der Waals surface area contributed by atoms with Crippen molar-refractivity contribution in [3.63, 3.8) is 0 Å². The Bertz CT molecular complexity index is 1230. The summed E-state index contributed by atoms with van der Waals surface area (Å²) in [6, 6.07) is 18.5. The van der Waals surface area contributed by atoms with E-state index in [0.29, 0.717) is 44.3 Å². The fraction of sp³-hybridized carbons (Fsp3) is 0.120. The van der Waals surface area contributed by atoms with E-state index >= 15 is 0 Å². The Hall–Kier alpha value is -3.10. The Morgan fingerprint density at radius 1 is 1.00 bits per heavy atom. The predicted molar refractivity (Wildman–Crippen MR) is 131 cm³/mol. The number of carbonyl (C=O) groups is 2. The smallest absolute Gasteiger partial charge is 0.298 e. The molecule has 0 aromatic heterocycles. The minimum atomic E-state index is -0.382. The number of halogens is 2. The van der Waals surface area contributed by atoms with E-state index in [4.69, 9.17) is 9.47 Å². The second-order valence-corrected chi connectivity index (χ2v) is 8.87. The van der Waals surface area contributed by atoms with E-state index < -0.39 is 0 Å². The van der Waals surface area contributed by atoms with Gasteiger partial charge in [0, 0.05) is 4.47 Å². The number of amides is 2. The second kappa shape index (κ2) is 10.2. The number of nitrogens with zero attached hydrogens (tertiary/aromatic N) is 1. The average Bonchev–Trinajstić information content (AvgIpc) is 3.08. The first-order chi connectivity index (χ1) is 16.0. The van der Waals surface area contributed by atoms with Crippen molar-refractivity contribution in [2.24, 2.45) is 0 Å². The molecule has 0 spiro atoms. The highest BCUT2D eigenvalue weighted by atomic mass is 79.9. The van der Waals surface area contributed by atoms with Gasteiger partial charge in [-0.1, -0.05) is 46.3 Å². The van der Waals surface area contributed by atoms with Crippen LogP contribution >= 0.6 is 27.7 Å². The molecule has 1 saturated heterocycles. The molecule has 0 bridgehead atoms. The van der Waals surface area contributed by atoms with Crippen LogP contribution in [0, 0.1) is 5.82 Å². The Labute approximate surface area is 203 Å². The maximum Gasteiger partial charge on any atom is 0.298 e. The monoisotopic (exact) mass is 527 g/mol. The van der Waals surface area contributed by atoms with Crippen LogP contribution in [0.1, 0.15) is 18.1 Å². The normalized spacial score (nSPS) is 14.8. The van der Waals surface area contributed by atoms with Gasteiger partial charge in [0.25, 0.3) is 11.1 Å². The van der Waals surface area contributed by atoms with E-state index in [1.807, 2.05) is 13.0 Å². The standard InChI is InChI=1S/C25H19BrFNO4S/c1-2-31-21-12-17(20(26)14-22(21)32-15-16-7-6-8-18(27)11-16)13-23-24(29)28(25(30)33-23)19-9-4-3-5-10-19/h3-14H,2,15H2,1H3/b23-13-. The zero-order chi connectivity index (χ0) is 23.4. The average molecular weight is 528 g/mol. The molecular formula is C25H19BrFNO4S. The molecule has 4 rings (SSSR count). The minimum absolute atomic E-state index is 0.166. The molecule has 0 N–H and O–H groups in total. The molecule has 0 saturated carbocycles. The summed E-state index contributed by atoms with van der Waals surface area (Å²) in [6.45, 7) is 2.42. The van der Waals surface area contributed by atoms with Gasteiger partial charge in [-0.05, 0) is 72.3 Å². The van der Waals surface area contributed by atoms with Crippen molar-refractivity contribution in [3.8, 4) is 11.5 Å². The Morgan fingerprint density at radius 3 is 2.48 bits per heavy atom. The van der Waals surface area contributed by atoms with Crippen LogP contribution in [0.15, 0.2) is 76.1 Å². The molecular weight excluding hydrogens is 509 g/mol. The van der Waals surface area contributed by atoms with Gasteiger partial charge >= 0.3 is 0 Å². The van der Waals surface area contributed by atoms with Crippen LogP contribution in [-0.2, 0) is 11.4 Å². The molecule has 3 aromatic rings. The van der Waals surface area contributed by atoms with E-state index in [-0.39, 0.29) is 23.6 Å². The summed E-state index contributed by atoms with van der Waals surface area (Å²) in [4.78, 5) is 26.9. The topological polar surface area (TPSA) is 55.8 Å². The third-order valence-corrected chi connectivity index (χ3v) is 6.30. The number of hydrogen-bond acceptors (Lipinski definition) is 5. The van der Waals surface area contributed by atoms with Crippen LogP contribution < -0.4 is 14.4 Å². The van der Waals surface area contributed by atoms with E-state index in [1.54, 1.807) is 54.6 Å². The van der Waals surface area contributed by atoms with Gasteiger partial charge in [0.15, 0.2) is 11.5 Å². The number of anilines is 1. The SMILES string of the molecule is CCOc1cc(/C=C2\SC(=O)N(c3ccccc3)C2=O)c(Br)cc1OCc1cccc(F)c1. The van der Waals surface area contributed by atoms with Gasteiger partial charge < -0.3 is 9.47 Å². The van der Waals surface area contributed by atoms with Crippen LogP contribution in [-0.4, -0.2) is 17.8 Å². The largest absolute Gasteiger partial charge is 0.490 e. The van der Waals surface area contributed by atoms with Gasteiger partial charge in [-0.3, -0.25) is 9.59 Å². The highest BCUT2D eigenvalue weighted by molar-refractivity contribution is 9.10. The van der Waals surface area contributed by atoms with Crippen LogP contribution in [0.25, 0.3) is 6.08 Å². The lowest BCUT2D eigenvalue weighted by atomic mass is 10.1. The molecule has 0 radical (unpaired) electrons. The summed E-state index contributed by atoms with van der Waals surface area (Å²) in [5, 5.41) is -0.353. The molecule has 168 valence electrons. The molecule has 33 heavy (non-hydrogen) atoms. The third-order valence-electron chi connectivity index (χ3n) is 4.74. The molecule has 1 heterocycles. The van der Waals surface area contributed by atoms with Gasteiger partial charge in [-0.25, -0.2) is 9.29 Å². The molecule has 5 nitrogen and oxygen atoms in total. The van der Waals surface area contributed by atoms with Gasteiger partial charge in [-0.15, -0.1) is 0 Å². The fourth-order valence-electron chi connectivity index (χ4n) is 3.24. The molecule has 0 unspecified atom stereocenters. The maximum absolute atomic E-state index is 13.4. The zero-order valence-corrected chi connectivity index (χ0v) is 20.0. The van der Waals surface area contributed by atoms with Crippen LogP contribution in [0.3, 0.4) is 0 Å². The molecule has 0 aliphatic carbocycles. The summed E-state index contributed by atoms with van der Waals surface area (Å²) in [5.41, 5.74) is 1.88. The number of thioether (sulfide) groups is 1. The van der Waals surface area contributed by atoms with Crippen molar-refractivity contribution in [2.45, 2.75) is 13.5 Å². The van der Waals surface area contributed by atoms with Crippen LogP contribution in [0.2, 0.25) is 0 Å². The van der Waals surface area contributed by atoms with Crippen molar-refractivity contribution in [3.05, 3.63) is 93.1 Å². The number of hydrogen-bond donors (Lipinski definition) is 0. The molecule has 3 aromatic carbocycles. The Balaban J connectivity index is 1.60. The van der Waals surface area contributed by atoms with Crippen LogP contribution in [0.5, 0.6) is 11.5 Å². The van der Waals surface area contributed by atoms with Crippen molar-refractivity contribution < 1.29 is 23.5 Å². The number of carbonyl (C=O) groups excluding carboxylic acids is 2. The summed E-state index contributed by atoms with van der Waals surface area (Å²) in [5.74, 6) is 0.239. The molecule has 1 aliphatic heterocycles. The van der Waals surface area contributed by atoms with Crippen molar-refractivity contribution >= 4 is 50.6 Å². The summed E-state index contributed by atoms with van der Waals surface area (Å²) >= 11 is 4.40. The quantitative estimate of drug-likeness (QED) is 0.316. The lowest BCUT2D eigenvalue weighted by molar-refractivity contribution is -0.113. The lowest BCUT2D eigenvalue weighted by Gasteiger charge is -2.14. The van der Waals surface area contributed by atoms with Gasteiger partial charge in [-0.2, -0.15) is 0 Å². The van der Waals surface area contributed by atoms with Crippen molar-refractivity contribution in [1.82, 2.24) is 0 Å². The molecule has 0 atom stereocenters. The highest BCUT2D eigenvalue weighted by Crippen LogP contribution is 2.39. The molecule has 1 aliphatic rings. The molecule has 8 heteroatoms. The Kier molecular flexibility index (Phi) is 7.15.